The largest absolute Gasteiger partial charge is 0.465 e. The molecule has 1 N–H and O–H groups in total. The number of esters is 5. The van der Waals surface area contributed by atoms with Gasteiger partial charge in [-0.25, -0.2) is 14.0 Å². The smallest absolute Gasteiger partial charge is 0.408 e. The van der Waals surface area contributed by atoms with Crippen molar-refractivity contribution in [3.8, 4) is 0 Å². The number of methoxy groups -OCH3 is 1. The Morgan fingerprint density at radius 3 is 1.95 bits per heavy atom. The minimum atomic E-state index is -3.98. The molecule has 1 amide bonds. The Morgan fingerprint density at radius 2 is 1.51 bits per heavy atom. The van der Waals surface area contributed by atoms with Gasteiger partial charge in [0, 0.05) is 27.7 Å². The molecule has 1 heterocycles. The van der Waals surface area contributed by atoms with Crippen molar-refractivity contribution in [1.29, 1.82) is 0 Å². The van der Waals surface area contributed by atoms with Gasteiger partial charge in [0.15, 0.2) is 18.3 Å². The first-order valence-electron chi connectivity index (χ1n) is 11.6. The first-order chi connectivity index (χ1) is 17.8. The van der Waals surface area contributed by atoms with E-state index in [9.17, 15) is 28.8 Å². The standard InChI is InChI=1S/C23H33F2NO13/c1-10(27)34-9-14(35-11(2)28)16(36-12(3)29)17-15(26-21(32)39-22(5,6)7)18(37-13(4)30)19(24)23(25,38-17)20(31)33-8/h14-19H,9H2,1-8H3,(H,26,32)/t14-,15+,16-,17?,18?,19?,23-/m1/s1. The van der Waals surface area contributed by atoms with E-state index >= 15 is 8.78 Å². The number of carbonyl (C=O) groups is 6. The van der Waals surface area contributed by atoms with E-state index in [0.717, 1.165) is 27.7 Å². The molecule has 0 aromatic heterocycles. The lowest BCUT2D eigenvalue weighted by molar-refractivity contribution is -0.297. The van der Waals surface area contributed by atoms with Crippen LogP contribution in [0, 0.1) is 0 Å². The number of rotatable bonds is 9. The lowest BCUT2D eigenvalue weighted by Gasteiger charge is -2.47. The molecular weight excluding hydrogens is 536 g/mol. The molecule has 0 saturated carbocycles. The molecule has 39 heavy (non-hydrogen) atoms. The van der Waals surface area contributed by atoms with Crippen LogP contribution in [0.25, 0.3) is 0 Å². The van der Waals surface area contributed by atoms with Crippen molar-refractivity contribution in [1.82, 2.24) is 5.32 Å². The molecule has 16 heteroatoms. The third-order valence-corrected chi connectivity index (χ3v) is 4.87. The van der Waals surface area contributed by atoms with Gasteiger partial charge in [-0.1, -0.05) is 0 Å². The van der Waals surface area contributed by atoms with E-state index < -0.39 is 90.6 Å². The van der Waals surface area contributed by atoms with Gasteiger partial charge in [-0.3, -0.25) is 19.2 Å². The Morgan fingerprint density at radius 1 is 0.949 bits per heavy atom. The molecule has 222 valence electrons. The lowest BCUT2D eigenvalue weighted by Crippen LogP contribution is -2.72. The van der Waals surface area contributed by atoms with E-state index in [1.54, 1.807) is 0 Å². The topological polar surface area (TPSA) is 179 Å². The summed E-state index contributed by atoms with van der Waals surface area (Å²) in [7, 11) is 0.715. The van der Waals surface area contributed by atoms with Gasteiger partial charge in [-0.2, -0.15) is 4.39 Å². The van der Waals surface area contributed by atoms with Crippen molar-refractivity contribution in [3.05, 3.63) is 0 Å². The SMILES string of the molecule is COC(=O)[C@]1(F)OC([C@H](OC(C)=O)[C@@H](COC(C)=O)OC(C)=O)[C@H](NC(=O)OC(C)(C)C)C(OC(C)=O)C1F. The molecule has 0 spiro atoms. The third-order valence-electron chi connectivity index (χ3n) is 4.87. The molecule has 1 rings (SSSR count). The summed E-state index contributed by atoms with van der Waals surface area (Å²) in [4.78, 5) is 72.1. The highest BCUT2D eigenvalue weighted by atomic mass is 19.2. The Bertz CT molecular complexity index is 953. The number of halogens is 2. The summed E-state index contributed by atoms with van der Waals surface area (Å²) in [5.74, 6) is -9.97. The van der Waals surface area contributed by atoms with Crippen LogP contribution in [-0.2, 0) is 57.1 Å². The van der Waals surface area contributed by atoms with Gasteiger partial charge in [-0.15, -0.1) is 0 Å². The predicted octanol–water partition coefficient (Wildman–Crippen LogP) is 0.814. The highest BCUT2D eigenvalue weighted by molar-refractivity contribution is 5.79. The molecule has 0 bridgehead atoms. The first-order valence-corrected chi connectivity index (χ1v) is 11.6. The zero-order valence-corrected chi connectivity index (χ0v) is 22.7. The summed E-state index contributed by atoms with van der Waals surface area (Å²) in [5, 5.41) is 2.17. The van der Waals surface area contributed by atoms with E-state index in [2.05, 4.69) is 10.1 Å². The van der Waals surface area contributed by atoms with Crippen molar-refractivity contribution in [2.75, 3.05) is 13.7 Å². The van der Waals surface area contributed by atoms with Gasteiger partial charge in [-0.05, 0) is 20.8 Å². The number of hydrogen-bond acceptors (Lipinski definition) is 13. The van der Waals surface area contributed by atoms with Gasteiger partial charge < -0.3 is 38.5 Å². The monoisotopic (exact) mass is 569 g/mol. The maximum atomic E-state index is 15.9. The van der Waals surface area contributed by atoms with Crippen molar-refractivity contribution >= 4 is 35.9 Å². The molecule has 1 fully saturated rings. The third kappa shape index (κ3) is 9.60. The molecule has 1 aliphatic rings. The van der Waals surface area contributed by atoms with Gasteiger partial charge in [0.05, 0.1) is 7.11 Å². The Kier molecular flexibility index (Phi) is 11.6. The summed E-state index contributed by atoms with van der Waals surface area (Å²) >= 11 is 0. The maximum absolute atomic E-state index is 15.9. The second-order valence-corrected chi connectivity index (χ2v) is 9.39. The first kappa shape index (κ1) is 33.5. The predicted molar refractivity (Wildman–Crippen MR) is 122 cm³/mol. The van der Waals surface area contributed by atoms with Crippen LogP contribution in [0.1, 0.15) is 48.5 Å². The summed E-state index contributed by atoms with van der Waals surface area (Å²) < 4.78 is 66.1. The number of amides is 1. The van der Waals surface area contributed by atoms with E-state index in [1.807, 2.05) is 0 Å². The quantitative estimate of drug-likeness (QED) is 0.305. The van der Waals surface area contributed by atoms with E-state index in [1.165, 1.54) is 20.8 Å². The number of hydrogen-bond donors (Lipinski definition) is 1. The van der Waals surface area contributed by atoms with Crippen LogP contribution in [-0.4, -0.2) is 97.7 Å². The molecule has 1 aliphatic heterocycles. The van der Waals surface area contributed by atoms with E-state index in [0.29, 0.717) is 7.11 Å². The summed E-state index contributed by atoms with van der Waals surface area (Å²) in [6, 6.07) is -1.94. The van der Waals surface area contributed by atoms with Crippen LogP contribution >= 0.6 is 0 Å². The minimum absolute atomic E-state index is 0.715. The Labute approximate surface area is 222 Å². The molecule has 0 aromatic carbocycles. The highest BCUT2D eigenvalue weighted by Gasteiger charge is 2.66. The van der Waals surface area contributed by atoms with Gasteiger partial charge in [0.25, 0.3) is 0 Å². The molecule has 0 aromatic rings. The van der Waals surface area contributed by atoms with Crippen molar-refractivity contribution in [3.63, 3.8) is 0 Å². The molecule has 1 saturated heterocycles. The molecule has 0 radical (unpaired) electrons. The zero-order valence-electron chi connectivity index (χ0n) is 22.7. The van der Waals surface area contributed by atoms with Crippen LogP contribution in [0.2, 0.25) is 0 Å². The molecule has 7 atom stereocenters. The fourth-order valence-electron chi connectivity index (χ4n) is 3.58. The summed E-state index contributed by atoms with van der Waals surface area (Å²) in [6.45, 7) is 7.36. The number of alkyl carbamates (subject to hydrolysis) is 1. The molecule has 14 nitrogen and oxygen atoms in total. The number of alkyl halides is 2. The van der Waals surface area contributed by atoms with E-state index in [4.69, 9.17) is 28.4 Å². The van der Waals surface area contributed by atoms with Crippen molar-refractivity contribution < 1.29 is 70.7 Å². The molecular formula is C23H33F2NO13. The van der Waals surface area contributed by atoms with Gasteiger partial charge in [0.2, 0.25) is 6.17 Å². The number of carbonyl (C=O) groups excluding carboxylic acids is 6. The van der Waals surface area contributed by atoms with Crippen LogP contribution in [0.15, 0.2) is 0 Å². The molecule has 3 unspecified atom stereocenters. The van der Waals surface area contributed by atoms with Crippen LogP contribution in [0.4, 0.5) is 13.6 Å². The fraction of sp³-hybridized carbons (Fsp3) is 0.739. The Balaban J connectivity index is 3.82. The Hall–Kier alpha value is -3.56. The summed E-state index contributed by atoms with van der Waals surface area (Å²) in [5.41, 5.74) is -1.10. The number of nitrogens with one attached hydrogen (secondary N) is 1. The highest BCUT2D eigenvalue weighted by Crippen LogP contribution is 2.39. The van der Waals surface area contributed by atoms with Gasteiger partial charge >= 0.3 is 41.8 Å². The molecule has 0 aliphatic carbocycles. The van der Waals surface area contributed by atoms with Crippen LogP contribution in [0.3, 0.4) is 0 Å². The summed E-state index contributed by atoms with van der Waals surface area (Å²) in [6.07, 6.45) is -12.5. The second-order valence-electron chi connectivity index (χ2n) is 9.39. The van der Waals surface area contributed by atoms with Crippen molar-refractivity contribution in [2.24, 2.45) is 0 Å². The second kappa shape index (κ2) is 13.5. The van der Waals surface area contributed by atoms with Crippen LogP contribution < -0.4 is 5.32 Å². The number of ether oxygens (including phenoxy) is 7. The normalized spacial score (nSPS) is 26.2. The minimum Gasteiger partial charge on any atom is -0.465 e. The average Bonchev–Trinajstić information content (AvgIpc) is 2.77. The van der Waals surface area contributed by atoms with Crippen LogP contribution in [0.5, 0.6) is 0 Å². The zero-order chi connectivity index (χ0) is 30.3. The fourth-order valence-corrected chi connectivity index (χ4v) is 3.58. The average molecular weight is 570 g/mol. The maximum Gasteiger partial charge on any atom is 0.408 e. The van der Waals surface area contributed by atoms with Crippen molar-refractivity contribution in [2.45, 2.75) is 96.6 Å². The van der Waals surface area contributed by atoms with Gasteiger partial charge in [0.1, 0.15) is 24.4 Å². The van der Waals surface area contributed by atoms with E-state index in [-0.39, 0.29) is 0 Å². The lowest BCUT2D eigenvalue weighted by atomic mass is 9.87.